The average Bonchev–Trinajstić information content (AvgIpc) is 2.52. The number of hydrogen-bond acceptors (Lipinski definition) is 2. The minimum Gasteiger partial charge on any atom is -0.481 e. The van der Waals surface area contributed by atoms with Gasteiger partial charge in [0.15, 0.2) is 0 Å². The molecular weight excluding hydrogens is 266 g/mol. The number of rotatable bonds is 6. The number of carboxylic acid groups (broad SMARTS) is 1. The first-order valence-electron chi connectivity index (χ1n) is 7.36. The van der Waals surface area contributed by atoms with Crippen molar-refractivity contribution >= 4 is 11.9 Å². The number of carbonyl (C=O) groups excluding carboxylic acids is 1. The second-order valence-corrected chi connectivity index (χ2v) is 5.37. The number of aliphatic carboxylic acids is 1. The van der Waals surface area contributed by atoms with E-state index in [0.29, 0.717) is 6.54 Å². The van der Waals surface area contributed by atoms with Crippen molar-refractivity contribution in [2.45, 2.75) is 32.2 Å². The third-order valence-corrected chi connectivity index (χ3v) is 3.74. The summed E-state index contributed by atoms with van der Waals surface area (Å²) in [4.78, 5) is 25.1. The van der Waals surface area contributed by atoms with Gasteiger partial charge in [-0.2, -0.15) is 0 Å². The molecule has 1 aliphatic rings. The van der Waals surface area contributed by atoms with E-state index in [1.54, 1.807) is 4.90 Å². The molecule has 21 heavy (non-hydrogen) atoms. The van der Waals surface area contributed by atoms with Gasteiger partial charge in [0.2, 0.25) is 5.91 Å². The molecule has 0 saturated heterocycles. The normalized spacial score (nSPS) is 17.4. The summed E-state index contributed by atoms with van der Waals surface area (Å²) in [6.07, 6.45) is 6.67. The molecule has 112 valence electrons. The second-order valence-electron chi connectivity index (χ2n) is 5.37. The van der Waals surface area contributed by atoms with Gasteiger partial charge in [0.25, 0.3) is 0 Å². The van der Waals surface area contributed by atoms with Crippen molar-refractivity contribution in [3.05, 3.63) is 48.0 Å². The lowest BCUT2D eigenvalue weighted by Crippen LogP contribution is -2.37. The first-order chi connectivity index (χ1) is 10.2. The first-order valence-corrected chi connectivity index (χ1v) is 7.36. The van der Waals surface area contributed by atoms with Crippen molar-refractivity contribution in [3.8, 4) is 0 Å². The van der Waals surface area contributed by atoms with Crippen LogP contribution in [0.5, 0.6) is 0 Å². The van der Waals surface area contributed by atoms with Gasteiger partial charge in [-0.05, 0) is 24.8 Å². The van der Waals surface area contributed by atoms with Gasteiger partial charge < -0.3 is 10.0 Å². The van der Waals surface area contributed by atoms with Crippen LogP contribution >= 0.6 is 0 Å². The highest BCUT2D eigenvalue weighted by molar-refractivity contribution is 5.79. The molecule has 1 aliphatic carbocycles. The Labute approximate surface area is 125 Å². The minimum absolute atomic E-state index is 0.00694. The third kappa shape index (κ3) is 4.74. The summed E-state index contributed by atoms with van der Waals surface area (Å²) in [5.74, 6) is -0.804. The molecule has 0 fully saturated rings. The molecule has 0 bridgehead atoms. The van der Waals surface area contributed by atoms with E-state index >= 15 is 0 Å². The molecule has 4 nitrogen and oxygen atoms in total. The minimum atomic E-state index is -0.871. The van der Waals surface area contributed by atoms with Crippen molar-refractivity contribution in [2.75, 3.05) is 6.54 Å². The van der Waals surface area contributed by atoms with E-state index in [1.165, 1.54) is 0 Å². The third-order valence-electron chi connectivity index (χ3n) is 3.74. The highest BCUT2D eigenvalue weighted by Crippen LogP contribution is 2.21. The lowest BCUT2D eigenvalue weighted by molar-refractivity contribution is -0.140. The van der Waals surface area contributed by atoms with E-state index in [1.807, 2.05) is 36.4 Å². The Morgan fingerprint density at radius 2 is 1.95 bits per heavy atom. The topological polar surface area (TPSA) is 57.6 Å². The van der Waals surface area contributed by atoms with Gasteiger partial charge in [-0.15, -0.1) is 0 Å². The molecule has 0 aromatic heterocycles. The number of hydrogen-bond donors (Lipinski definition) is 1. The predicted octanol–water partition coefficient (Wildman–Crippen LogP) is 2.85. The quantitative estimate of drug-likeness (QED) is 0.818. The molecule has 0 unspecified atom stereocenters. The summed E-state index contributed by atoms with van der Waals surface area (Å²) in [6, 6.07) is 9.71. The molecule has 0 radical (unpaired) electrons. The number of carbonyl (C=O) groups is 2. The van der Waals surface area contributed by atoms with Crippen molar-refractivity contribution in [3.63, 3.8) is 0 Å². The zero-order chi connectivity index (χ0) is 15.1. The molecule has 1 aromatic carbocycles. The monoisotopic (exact) mass is 287 g/mol. The Hall–Kier alpha value is -2.10. The van der Waals surface area contributed by atoms with E-state index in [9.17, 15) is 9.59 Å². The SMILES string of the molecule is O=C(O)CCN(Cc1ccccc1)C(=O)[C@@H]1CC=CCC1. The van der Waals surface area contributed by atoms with Gasteiger partial charge in [0.1, 0.15) is 0 Å². The molecule has 4 heteroatoms. The Bertz CT molecular complexity index is 510. The lowest BCUT2D eigenvalue weighted by atomic mass is 9.93. The van der Waals surface area contributed by atoms with E-state index in [4.69, 9.17) is 5.11 Å². The summed E-state index contributed by atoms with van der Waals surface area (Å²) in [5, 5.41) is 8.87. The Balaban J connectivity index is 2.05. The van der Waals surface area contributed by atoms with Crippen LogP contribution in [0.3, 0.4) is 0 Å². The van der Waals surface area contributed by atoms with Gasteiger partial charge in [-0.25, -0.2) is 0 Å². The maximum Gasteiger partial charge on any atom is 0.305 e. The van der Waals surface area contributed by atoms with Crippen LogP contribution in [-0.2, 0) is 16.1 Å². The smallest absolute Gasteiger partial charge is 0.305 e. The van der Waals surface area contributed by atoms with Crippen LogP contribution in [0, 0.1) is 5.92 Å². The van der Waals surface area contributed by atoms with Gasteiger partial charge in [-0.1, -0.05) is 42.5 Å². The van der Waals surface area contributed by atoms with E-state index < -0.39 is 5.97 Å². The highest BCUT2D eigenvalue weighted by atomic mass is 16.4. The number of carboxylic acids is 1. The summed E-state index contributed by atoms with van der Waals surface area (Å²) >= 11 is 0. The lowest BCUT2D eigenvalue weighted by Gasteiger charge is -2.27. The van der Waals surface area contributed by atoms with E-state index in [2.05, 4.69) is 6.08 Å². The van der Waals surface area contributed by atoms with Crippen LogP contribution in [0.2, 0.25) is 0 Å². The van der Waals surface area contributed by atoms with Crippen molar-refractivity contribution in [1.29, 1.82) is 0 Å². The molecule has 0 saturated carbocycles. The molecule has 0 aliphatic heterocycles. The Morgan fingerprint density at radius 3 is 2.57 bits per heavy atom. The average molecular weight is 287 g/mol. The highest BCUT2D eigenvalue weighted by Gasteiger charge is 2.24. The summed E-state index contributed by atoms with van der Waals surface area (Å²) in [5.41, 5.74) is 1.03. The van der Waals surface area contributed by atoms with Crippen LogP contribution in [0.15, 0.2) is 42.5 Å². The van der Waals surface area contributed by atoms with Crippen molar-refractivity contribution < 1.29 is 14.7 Å². The van der Waals surface area contributed by atoms with Crippen LogP contribution in [0.1, 0.15) is 31.2 Å². The maximum atomic E-state index is 12.6. The molecular formula is C17H21NO3. The first kappa shape index (κ1) is 15.3. The zero-order valence-electron chi connectivity index (χ0n) is 12.1. The molecule has 1 aromatic rings. The number of allylic oxidation sites excluding steroid dienone is 2. The van der Waals surface area contributed by atoms with Crippen LogP contribution in [0.4, 0.5) is 0 Å². The van der Waals surface area contributed by atoms with E-state index in [0.717, 1.165) is 24.8 Å². The number of amides is 1. The molecule has 1 atom stereocenters. The standard InChI is InChI=1S/C17H21NO3/c19-16(20)11-12-18(13-14-7-3-1-4-8-14)17(21)15-9-5-2-6-10-15/h1-5,7-8,15H,6,9-13H2,(H,19,20)/t15-/m1/s1. The fourth-order valence-corrected chi connectivity index (χ4v) is 2.58. The number of benzene rings is 1. The summed E-state index contributed by atoms with van der Waals surface area (Å²) in [7, 11) is 0. The molecule has 0 heterocycles. The van der Waals surface area contributed by atoms with Crippen LogP contribution < -0.4 is 0 Å². The number of nitrogens with zero attached hydrogens (tertiary/aromatic N) is 1. The fraction of sp³-hybridized carbons (Fsp3) is 0.412. The Kier molecular flexibility index (Phi) is 5.55. The fourth-order valence-electron chi connectivity index (χ4n) is 2.58. The molecule has 1 N–H and O–H groups in total. The van der Waals surface area contributed by atoms with Gasteiger partial charge in [-0.3, -0.25) is 9.59 Å². The van der Waals surface area contributed by atoms with Gasteiger partial charge in [0.05, 0.1) is 6.42 Å². The maximum absolute atomic E-state index is 12.6. The van der Waals surface area contributed by atoms with Crippen LogP contribution in [0.25, 0.3) is 0 Å². The molecule has 1 amide bonds. The van der Waals surface area contributed by atoms with E-state index in [-0.39, 0.29) is 24.8 Å². The predicted molar refractivity (Wildman–Crippen MR) is 80.6 cm³/mol. The van der Waals surface area contributed by atoms with Gasteiger partial charge >= 0.3 is 5.97 Å². The molecule has 0 spiro atoms. The molecule has 2 rings (SSSR count). The largest absolute Gasteiger partial charge is 0.481 e. The van der Waals surface area contributed by atoms with Gasteiger partial charge in [0, 0.05) is 19.0 Å². The van der Waals surface area contributed by atoms with Crippen molar-refractivity contribution in [1.82, 2.24) is 4.90 Å². The second kappa shape index (κ2) is 7.62. The summed E-state index contributed by atoms with van der Waals surface area (Å²) in [6.45, 7) is 0.746. The van der Waals surface area contributed by atoms with Crippen molar-refractivity contribution in [2.24, 2.45) is 5.92 Å². The zero-order valence-corrected chi connectivity index (χ0v) is 12.1. The summed E-state index contributed by atoms with van der Waals surface area (Å²) < 4.78 is 0. The van der Waals surface area contributed by atoms with Crippen LogP contribution in [-0.4, -0.2) is 28.4 Å². The Morgan fingerprint density at radius 1 is 1.19 bits per heavy atom.